The van der Waals surface area contributed by atoms with Crippen molar-refractivity contribution in [2.45, 2.75) is 45.3 Å². The fourth-order valence-electron chi connectivity index (χ4n) is 1.92. The predicted molar refractivity (Wildman–Crippen MR) is 77.5 cm³/mol. The predicted octanol–water partition coefficient (Wildman–Crippen LogP) is 2.21. The number of rotatable bonds is 2. The second-order valence-electron chi connectivity index (χ2n) is 5.63. The highest BCUT2D eigenvalue weighted by molar-refractivity contribution is 6.62. The standard InChI is InChI=1S/C14H17BClNO2/c1-6-7-10-11(16)8-9-17-12(10)15-18-13(2,3)14(4,5)19-15/h1,8-9H,7H2,2-5H3. The molecule has 1 aliphatic heterocycles. The Labute approximate surface area is 119 Å². The lowest BCUT2D eigenvalue weighted by Gasteiger charge is -2.32. The van der Waals surface area contributed by atoms with E-state index in [1.165, 1.54) is 0 Å². The molecule has 0 N–H and O–H groups in total. The smallest absolute Gasteiger partial charge is 0.398 e. The Bertz CT molecular complexity index is 521. The number of hydrogen-bond donors (Lipinski definition) is 0. The van der Waals surface area contributed by atoms with Crippen LogP contribution in [-0.2, 0) is 15.7 Å². The van der Waals surface area contributed by atoms with Crippen molar-refractivity contribution in [1.82, 2.24) is 4.98 Å². The van der Waals surface area contributed by atoms with Gasteiger partial charge >= 0.3 is 7.12 Å². The maximum atomic E-state index is 6.18. The Hall–Kier alpha value is -1.02. The van der Waals surface area contributed by atoms with Crippen LogP contribution < -0.4 is 5.59 Å². The van der Waals surface area contributed by atoms with E-state index in [1.807, 2.05) is 27.7 Å². The SMILES string of the molecule is C#CCc1c(Cl)ccnc1B1OC(C)(C)C(C)(C)O1. The van der Waals surface area contributed by atoms with E-state index >= 15 is 0 Å². The van der Waals surface area contributed by atoms with Crippen LogP contribution in [0.25, 0.3) is 0 Å². The third-order valence-electron chi connectivity index (χ3n) is 3.79. The number of halogens is 1. The highest BCUT2D eigenvalue weighted by Crippen LogP contribution is 2.36. The lowest BCUT2D eigenvalue weighted by atomic mass is 9.80. The first-order valence-corrected chi connectivity index (χ1v) is 6.58. The Kier molecular flexibility index (Phi) is 3.66. The largest absolute Gasteiger partial charge is 0.514 e. The zero-order valence-corrected chi connectivity index (χ0v) is 12.4. The first-order chi connectivity index (χ1) is 8.78. The summed E-state index contributed by atoms with van der Waals surface area (Å²) in [5, 5.41) is 0.595. The molecule has 0 aliphatic carbocycles. The molecular formula is C14H17BClNO2. The summed E-state index contributed by atoms with van der Waals surface area (Å²) in [5.74, 6) is 2.59. The van der Waals surface area contributed by atoms with Crippen molar-refractivity contribution in [3.8, 4) is 12.3 Å². The van der Waals surface area contributed by atoms with Gasteiger partial charge in [0.2, 0.25) is 0 Å². The fraction of sp³-hybridized carbons (Fsp3) is 0.500. The summed E-state index contributed by atoms with van der Waals surface area (Å²) in [6.45, 7) is 7.99. The molecule has 2 rings (SSSR count). The zero-order valence-electron chi connectivity index (χ0n) is 11.7. The number of nitrogens with zero attached hydrogens (tertiary/aromatic N) is 1. The Morgan fingerprint density at radius 2 is 1.89 bits per heavy atom. The molecule has 1 aromatic rings. The van der Waals surface area contributed by atoms with Gasteiger partial charge in [-0.25, -0.2) is 0 Å². The summed E-state index contributed by atoms with van der Waals surface area (Å²) in [7, 11) is -0.535. The van der Waals surface area contributed by atoms with Gasteiger partial charge in [-0.05, 0) is 33.8 Å². The van der Waals surface area contributed by atoms with Crippen molar-refractivity contribution in [3.63, 3.8) is 0 Å². The molecule has 19 heavy (non-hydrogen) atoms. The molecule has 0 unspecified atom stereocenters. The molecule has 2 heterocycles. The van der Waals surface area contributed by atoms with Gasteiger partial charge in [-0.1, -0.05) is 11.6 Å². The summed E-state index contributed by atoms with van der Waals surface area (Å²) in [6, 6.07) is 1.73. The highest BCUT2D eigenvalue weighted by Gasteiger charge is 2.52. The topological polar surface area (TPSA) is 31.4 Å². The van der Waals surface area contributed by atoms with Crippen molar-refractivity contribution in [2.75, 3.05) is 0 Å². The molecule has 1 fully saturated rings. The second-order valence-corrected chi connectivity index (χ2v) is 6.03. The van der Waals surface area contributed by atoms with Gasteiger partial charge in [0.15, 0.2) is 0 Å². The maximum absolute atomic E-state index is 6.18. The molecule has 0 spiro atoms. The van der Waals surface area contributed by atoms with Gasteiger partial charge in [0.05, 0.1) is 16.8 Å². The van der Waals surface area contributed by atoms with E-state index in [4.69, 9.17) is 27.3 Å². The van der Waals surface area contributed by atoms with Gasteiger partial charge in [0, 0.05) is 23.2 Å². The van der Waals surface area contributed by atoms with E-state index in [1.54, 1.807) is 12.3 Å². The van der Waals surface area contributed by atoms with Crippen molar-refractivity contribution < 1.29 is 9.31 Å². The summed E-state index contributed by atoms with van der Waals surface area (Å²) in [4.78, 5) is 4.34. The number of aromatic nitrogens is 1. The molecule has 0 radical (unpaired) electrons. The molecule has 1 aliphatic rings. The second kappa shape index (κ2) is 4.83. The quantitative estimate of drug-likeness (QED) is 0.613. The van der Waals surface area contributed by atoms with Crippen LogP contribution in [0.2, 0.25) is 5.02 Å². The van der Waals surface area contributed by atoms with Crippen molar-refractivity contribution in [1.29, 1.82) is 0 Å². The Balaban J connectivity index is 2.40. The van der Waals surface area contributed by atoms with Gasteiger partial charge in [-0.3, -0.25) is 4.98 Å². The molecular weight excluding hydrogens is 260 g/mol. The van der Waals surface area contributed by atoms with E-state index < -0.39 is 18.3 Å². The molecule has 0 aromatic carbocycles. The lowest BCUT2D eigenvalue weighted by Crippen LogP contribution is -2.41. The molecule has 1 aromatic heterocycles. The molecule has 100 valence electrons. The first-order valence-electron chi connectivity index (χ1n) is 6.21. The van der Waals surface area contributed by atoms with E-state index in [9.17, 15) is 0 Å². The van der Waals surface area contributed by atoms with Crippen LogP contribution in [0, 0.1) is 12.3 Å². The van der Waals surface area contributed by atoms with Crippen molar-refractivity contribution in [2.24, 2.45) is 0 Å². The van der Waals surface area contributed by atoms with Crippen molar-refractivity contribution in [3.05, 3.63) is 22.8 Å². The number of terminal acetylenes is 1. The first kappa shape index (κ1) is 14.4. The lowest BCUT2D eigenvalue weighted by molar-refractivity contribution is 0.00578. The van der Waals surface area contributed by atoms with Crippen LogP contribution in [-0.4, -0.2) is 23.3 Å². The average Bonchev–Trinajstić information content (AvgIpc) is 2.51. The van der Waals surface area contributed by atoms with Gasteiger partial charge in [0.25, 0.3) is 0 Å². The van der Waals surface area contributed by atoms with E-state index in [0.717, 1.165) is 5.56 Å². The average molecular weight is 278 g/mol. The van der Waals surface area contributed by atoms with Crippen LogP contribution in [0.1, 0.15) is 33.3 Å². The Morgan fingerprint density at radius 3 is 2.42 bits per heavy atom. The minimum atomic E-state index is -0.535. The normalized spacial score (nSPS) is 20.3. The third kappa shape index (κ3) is 2.51. The maximum Gasteiger partial charge on any atom is 0.514 e. The monoisotopic (exact) mass is 277 g/mol. The highest BCUT2D eigenvalue weighted by atomic mass is 35.5. The molecule has 3 nitrogen and oxygen atoms in total. The number of hydrogen-bond acceptors (Lipinski definition) is 3. The number of pyridine rings is 1. The summed E-state index contributed by atoms with van der Waals surface area (Å²) in [5.41, 5.74) is 0.652. The minimum absolute atomic E-state index is 0.408. The van der Waals surface area contributed by atoms with Gasteiger partial charge in [0.1, 0.15) is 0 Å². The Morgan fingerprint density at radius 1 is 1.32 bits per heavy atom. The summed E-state index contributed by atoms with van der Waals surface area (Å²) in [6.07, 6.45) is 7.44. The van der Waals surface area contributed by atoms with Crippen LogP contribution in [0.5, 0.6) is 0 Å². The van der Waals surface area contributed by atoms with E-state index in [-0.39, 0.29) is 0 Å². The van der Waals surface area contributed by atoms with Gasteiger partial charge in [-0.2, -0.15) is 0 Å². The van der Waals surface area contributed by atoms with Crippen LogP contribution in [0.4, 0.5) is 0 Å². The third-order valence-corrected chi connectivity index (χ3v) is 4.14. The van der Waals surface area contributed by atoms with Gasteiger partial charge < -0.3 is 9.31 Å². The van der Waals surface area contributed by atoms with Crippen molar-refractivity contribution >= 4 is 24.3 Å². The van der Waals surface area contributed by atoms with Crippen LogP contribution >= 0.6 is 11.6 Å². The molecule has 0 saturated carbocycles. The summed E-state index contributed by atoms with van der Waals surface area (Å²) < 4.78 is 12.0. The van der Waals surface area contributed by atoms with Gasteiger partial charge in [-0.15, -0.1) is 12.3 Å². The zero-order chi connectivity index (χ0) is 14.3. The minimum Gasteiger partial charge on any atom is -0.398 e. The fourth-order valence-corrected chi connectivity index (χ4v) is 2.14. The molecule has 5 heteroatoms. The molecule has 0 amide bonds. The van der Waals surface area contributed by atoms with Crippen LogP contribution in [0.15, 0.2) is 12.3 Å². The van der Waals surface area contributed by atoms with Crippen LogP contribution in [0.3, 0.4) is 0 Å². The molecule has 0 bridgehead atoms. The summed E-state index contributed by atoms with van der Waals surface area (Å²) >= 11 is 6.18. The molecule has 1 saturated heterocycles. The van der Waals surface area contributed by atoms with E-state index in [0.29, 0.717) is 17.0 Å². The van der Waals surface area contributed by atoms with E-state index in [2.05, 4.69) is 10.9 Å². The molecule has 0 atom stereocenters.